The SMILES string of the molecule is CC(C)(C)OC(=O)N1CCC2CCC2[C@H]1C(=O)Nc1cncc(-c2nc(NCc3ccccn3)c3c(-c4ccccc4)cccc3n2)c1. The minimum absolute atomic E-state index is 0.109. The van der Waals surface area contributed by atoms with Gasteiger partial charge in [0, 0.05) is 24.5 Å². The van der Waals surface area contributed by atoms with Gasteiger partial charge in [-0.05, 0) is 87.3 Å². The number of hydrogen-bond acceptors (Lipinski definition) is 8. The molecule has 48 heavy (non-hydrogen) atoms. The maximum atomic E-state index is 13.9. The van der Waals surface area contributed by atoms with Gasteiger partial charge in [-0.2, -0.15) is 0 Å². The molecular weight excluding hydrogens is 602 g/mol. The first-order chi connectivity index (χ1) is 23.2. The van der Waals surface area contributed by atoms with Gasteiger partial charge in [0.1, 0.15) is 17.5 Å². The van der Waals surface area contributed by atoms with Gasteiger partial charge in [-0.1, -0.05) is 48.5 Å². The third-order valence-electron chi connectivity index (χ3n) is 9.09. The molecule has 2 amide bonds. The van der Waals surface area contributed by atoms with Crippen LogP contribution in [0.5, 0.6) is 0 Å². The van der Waals surface area contributed by atoms with Crippen LogP contribution >= 0.6 is 0 Å². The number of pyridine rings is 2. The fraction of sp³-hybridized carbons (Fsp3) is 0.316. The highest BCUT2D eigenvalue weighted by atomic mass is 16.6. The second-order valence-corrected chi connectivity index (χ2v) is 13.5. The van der Waals surface area contributed by atoms with E-state index in [4.69, 9.17) is 14.7 Å². The van der Waals surface area contributed by atoms with Crippen molar-refractivity contribution in [2.75, 3.05) is 17.2 Å². The number of fused-ring (bicyclic) bond motifs is 2. The zero-order valence-corrected chi connectivity index (χ0v) is 27.4. The number of benzene rings is 2. The summed E-state index contributed by atoms with van der Waals surface area (Å²) in [7, 11) is 0. The monoisotopic (exact) mass is 641 g/mol. The van der Waals surface area contributed by atoms with Crippen LogP contribution in [0.2, 0.25) is 0 Å². The Morgan fingerprint density at radius 1 is 0.917 bits per heavy atom. The van der Waals surface area contributed by atoms with E-state index in [1.165, 1.54) is 0 Å². The van der Waals surface area contributed by atoms with Crippen LogP contribution < -0.4 is 10.6 Å². The fourth-order valence-corrected chi connectivity index (χ4v) is 6.73. The van der Waals surface area contributed by atoms with Crippen molar-refractivity contribution in [2.45, 2.75) is 58.2 Å². The van der Waals surface area contributed by atoms with E-state index < -0.39 is 17.7 Å². The number of carbonyl (C=O) groups is 2. The Kier molecular flexibility index (Phi) is 8.47. The number of ether oxygens (including phenoxy) is 1. The van der Waals surface area contributed by atoms with Crippen molar-refractivity contribution in [3.05, 3.63) is 97.1 Å². The van der Waals surface area contributed by atoms with Gasteiger partial charge in [-0.3, -0.25) is 19.7 Å². The summed E-state index contributed by atoms with van der Waals surface area (Å²) in [6.45, 7) is 6.48. The first-order valence-corrected chi connectivity index (χ1v) is 16.5. The third-order valence-corrected chi connectivity index (χ3v) is 9.09. The number of hydrogen-bond donors (Lipinski definition) is 2. The van der Waals surface area contributed by atoms with Gasteiger partial charge in [0.2, 0.25) is 5.91 Å². The fourth-order valence-electron chi connectivity index (χ4n) is 6.73. The topological polar surface area (TPSA) is 122 Å². The highest BCUT2D eigenvalue weighted by Gasteiger charge is 2.49. The molecule has 1 aliphatic heterocycles. The Labute approximate surface area is 280 Å². The van der Waals surface area contributed by atoms with Crippen molar-refractivity contribution >= 4 is 34.4 Å². The minimum atomic E-state index is -0.653. The van der Waals surface area contributed by atoms with Crippen molar-refractivity contribution in [3.8, 4) is 22.5 Å². The average Bonchev–Trinajstić information content (AvgIpc) is 3.07. The van der Waals surface area contributed by atoms with Gasteiger partial charge in [-0.15, -0.1) is 0 Å². The number of nitrogens with zero attached hydrogens (tertiary/aromatic N) is 5. The highest BCUT2D eigenvalue weighted by Crippen LogP contribution is 2.45. The van der Waals surface area contributed by atoms with Gasteiger partial charge in [0.05, 0.1) is 35.0 Å². The Morgan fingerprint density at radius 3 is 2.50 bits per heavy atom. The molecule has 2 N–H and O–H groups in total. The zero-order valence-electron chi connectivity index (χ0n) is 27.4. The lowest BCUT2D eigenvalue weighted by Crippen LogP contribution is -2.60. The van der Waals surface area contributed by atoms with E-state index in [0.29, 0.717) is 41.9 Å². The summed E-state index contributed by atoms with van der Waals surface area (Å²) in [6, 6.07) is 23.2. The van der Waals surface area contributed by atoms with Gasteiger partial charge in [-0.25, -0.2) is 14.8 Å². The van der Waals surface area contributed by atoms with E-state index >= 15 is 0 Å². The molecule has 3 aromatic heterocycles. The maximum absolute atomic E-state index is 13.9. The molecular formula is C38H39N7O3. The van der Waals surface area contributed by atoms with Crippen molar-refractivity contribution in [2.24, 2.45) is 11.8 Å². The number of nitrogens with one attached hydrogen (secondary N) is 2. The van der Waals surface area contributed by atoms with Crippen LogP contribution in [-0.2, 0) is 16.1 Å². The summed E-state index contributed by atoms with van der Waals surface area (Å²) in [4.78, 5) is 47.6. The van der Waals surface area contributed by atoms with Gasteiger partial charge in [0.25, 0.3) is 0 Å². The van der Waals surface area contributed by atoms with E-state index in [1.54, 1.807) is 23.5 Å². The number of likely N-dealkylation sites (tertiary alicyclic amines) is 1. The molecule has 10 heteroatoms. The van der Waals surface area contributed by atoms with Crippen LogP contribution in [0, 0.1) is 11.8 Å². The maximum Gasteiger partial charge on any atom is 0.410 e. The Morgan fingerprint density at radius 2 is 1.75 bits per heavy atom. The smallest absolute Gasteiger partial charge is 0.410 e. The molecule has 5 aromatic rings. The number of carbonyl (C=O) groups excluding carboxylic acids is 2. The molecule has 244 valence electrons. The second kappa shape index (κ2) is 13.0. The largest absolute Gasteiger partial charge is 0.444 e. The molecule has 3 atom stereocenters. The van der Waals surface area contributed by atoms with Gasteiger partial charge >= 0.3 is 6.09 Å². The number of amides is 2. The highest BCUT2D eigenvalue weighted by molar-refractivity contribution is 6.03. The quantitative estimate of drug-likeness (QED) is 0.189. The molecule has 1 aliphatic carbocycles. The number of anilines is 2. The first-order valence-electron chi connectivity index (χ1n) is 16.5. The lowest BCUT2D eigenvalue weighted by Gasteiger charge is -2.50. The molecule has 2 aliphatic rings. The van der Waals surface area contributed by atoms with E-state index in [9.17, 15) is 9.59 Å². The summed E-state index contributed by atoms with van der Waals surface area (Å²) < 4.78 is 5.69. The molecule has 0 bridgehead atoms. The summed E-state index contributed by atoms with van der Waals surface area (Å²) in [5.74, 6) is 1.44. The van der Waals surface area contributed by atoms with Gasteiger partial charge < -0.3 is 15.4 Å². The molecule has 2 fully saturated rings. The summed E-state index contributed by atoms with van der Waals surface area (Å²) >= 11 is 0. The predicted octanol–water partition coefficient (Wildman–Crippen LogP) is 7.34. The Bertz CT molecular complexity index is 1950. The molecule has 0 radical (unpaired) electrons. The number of aromatic nitrogens is 4. The first kappa shape index (κ1) is 31.2. The van der Waals surface area contributed by atoms with Crippen molar-refractivity contribution in [1.29, 1.82) is 0 Å². The lowest BCUT2D eigenvalue weighted by atomic mass is 9.65. The predicted molar refractivity (Wildman–Crippen MR) is 186 cm³/mol. The van der Waals surface area contributed by atoms with Gasteiger partial charge in [0.15, 0.2) is 5.82 Å². The van der Waals surface area contributed by atoms with E-state index in [0.717, 1.165) is 47.0 Å². The van der Waals surface area contributed by atoms with Crippen LogP contribution in [0.1, 0.15) is 45.7 Å². The van der Waals surface area contributed by atoms with Crippen LogP contribution in [0.4, 0.5) is 16.3 Å². The van der Waals surface area contributed by atoms with Crippen LogP contribution in [0.3, 0.4) is 0 Å². The van der Waals surface area contributed by atoms with E-state index in [1.807, 2.05) is 75.4 Å². The minimum Gasteiger partial charge on any atom is -0.444 e. The van der Waals surface area contributed by atoms with Crippen molar-refractivity contribution in [3.63, 3.8) is 0 Å². The molecule has 2 unspecified atom stereocenters. The van der Waals surface area contributed by atoms with Crippen molar-refractivity contribution < 1.29 is 14.3 Å². The van der Waals surface area contributed by atoms with E-state index in [-0.39, 0.29) is 11.8 Å². The van der Waals surface area contributed by atoms with E-state index in [2.05, 4.69) is 38.8 Å². The summed E-state index contributed by atoms with van der Waals surface area (Å²) in [5.41, 5.74) is 4.22. The Hall–Kier alpha value is -5.38. The zero-order chi connectivity index (χ0) is 33.3. The third kappa shape index (κ3) is 6.56. The normalized spacial score (nSPS) is 18.8. The number of rotatable bonds is 7. The molecule has 4 heterocycles. The molecule has 1 saturated heterocycles. The van der Waals surface area contributed by atoms with Crippen LogP contribution in [0.25, 0.3) is 33.4 Å². The summed E-state index contributed by atoms with van der Waals surface area (Å²) in [6.07, 6.45) is 7.48. The molecule has 0 spiro atoms. The van der Waals surface area contributed by atoms with Crippen LogP contribution in [0.15, 0.2) is 91.4 Å². The second-order valence-electron chi connectivity index (χ2n) is 13.5. The summed E-state index contributed by atoms with van der Waals surface area (Å²) in [5, 5.41) is 7.46. The molecule has 1 saturated carbocycles. The standard InChI is InChI=1S/C38H39N7O3/c1-38(2,3)48-37(47)45-19-17-25-15-16-30(25)33(45)36(46)42-28-20-26(21-39-22-28)34-43-31-14-9-13-29(24-10-5-4-6-11-24)32(31)35(44-34)41-23-27-12-7-8-18-40-27/h4-14,18,20-22,25,30,33H,15-17,19,23H2,1-3H3,(H,42,46)(H,41,43,44)/t25?,30?,33-/m0/s1. The molecule has 7 rings (SSSR count). The van der Waals surface area contributed by atoms with Crippen molar-refractivity contribution in [1.82, 2.24) is 24.8 Å². The van der Waals surface area contributed by atoms with Crippen LogP contribution in [-0.4, -0.2) is 55.0 Å². The lowest BCUT2D eigenvalue weighted by molar-refractivity contribution is -0.129. The molecule has 2 aromatic carbocycles. The Balaban J connectivity index is 1.21. The molecule has 10 nitrogen and oxygen atoms in total. The average molecular weight is 642 g/mol. The number of piperidine rings is 1.